The predicted octanol–water partition coefficient (Wildman–Crippen LogP) is 3.85. The second-order valence-electron chi connectivity index (χ2n) is 7.06. The number of rotatable bonds is 7. The van der Waals surface area contributed by atoms with Crippen molar-refractivity contribution in [2.24, 2.45) is 0 Å². The van der Waals surface area contributed by atoms with Crippen molar-refractivity contribution in [2.45, 2.75) is 30.7 Å². The molecule has 168 valence electrons. The maximum Gasteiger partial charge on any atom is 0.286 e. The van der Waals surface area contributed by atoms with Gasteiger partial charge in [-0.1, -0.05) is 23.5 Å². The van der Waals surface area contributed by atoms with Crippen molar-refractivity contribution in [3.05, 3.63) is 64.4 Å². The van der Waals surface area contributed by atoms with Crippen LogP contribution in [0.25, 0.3) is 0 Å². The fourth-order valence-electron chi connectivity index (χ4n) is 3.48. The fraction of sp³-hybridized carbons (Fsp3) is 0.286. The SMILES string of the molecule is CCOc1ccc(S(=O)(=O)N2CCC[C@@H]2c2nnc(C(=O)Nc3ccccc3F)s2)cc1. The summed E-state index contributed by atoms with van der Waals surface area (Å²) in [6.45, 7) is 2.69. The largest absolute Gasteiger partial charge is 0.494 e. The third-order valence-corrected chi connectivity index (χ3v) is 7.93. The first-order chi connectivity index (χ1) is 15.4. The van der Waals surface area contributed by atoms with Crippen LogP contribution in [0, 0.1) is 5.82 Å². The number of ether oxygens (including phenoxy) is 1. The normalized spacial score (nSPS) is 16.8. The van der Waals surface area contributed by atoms with Crippen molar-refractivity contribution in [1.29, 1.82) is 0 Å². The van der Waals surface area contributed by atoms with Gasteiger partial charge in [0.2, 0.25) is 15.0 Å². The number of benzene rings is 2. The van der Waals surface area contributed by atoms with E-state index in [0.717, 1.165) is 11.3 Å². The molecule has 1 aliphatic heterocycles. The number of anilines is 1. The van der Waals surface area contributed by atoms with Gasteiger partial charge < -0.3 is 10.1 Å². The van der Waals surface area contributed by atoms with Crippen LogP contribution >= 0.6 is 11.3 Å². The highest BCUT2D eigenvalue weighted by atomic mass is 32.2. The van der Waals surface area contributed by atoms with E-state index in [1.54, 1.807) is 18.2 Å². The molecule has 1 aliphatic rings. The molecule has 1 N–H and O–H groups in total. The van der Waals surface area contributed by atoms with Crippen LogP contribution in [0.1, 0.15) is 40.6 Å². The lowest BCUT2D eigenvalue weighted by atomic mass is 10.2. The summed E-state index contributed by atoms with van der Waals surface area (Å²) in [4.78, 5) is 12.6. The molecule has 2 heterocycles. The molecule has 1 fully saturated rings. The molecule has 0 aliphatic carbocycles. The number of hydrogen-bond acceptors (Lipinski definition) is 7. The summed E-state index contributed by atoms with van der Waals surface area (Å²) < 4.78 is 47.0. The van der Waals surface area contributed by atoms with Crippen LogP contribution in [0.2, 0.25) is 0 Å². The van der Waals surface area contributed by atoms with Crippen molar-refractivity contribution in [3.8, 4) is 5.75 Å². The molecule has 1 saturated heterocycles. The zero-order chi connectivity index (χ0) is 22.7. The average Bonchev–Trinajstić information content (AvgIpc) is 3.46. The van der Waals surface area contributed by atoms with Crippen molar-refractivity contribution >= 4 is 33.0 Å². The Bertz CT molecular complexity index is 1210. The lowest BCUT2D eigenvalue weighted by molar-refractivity contribution is 0.102. The number of carbonyl (C=O) groups excluding carboxylic acids is 1. The quantitative estimate of drug-likeness (QED) is 0.556. The number of halogens is 1. The topological polar surface area (TPSA) is 101 Å². The molecule has 0 spiro atoms. The van der Waals surface area contributed by atoms with Crippen LogP contribution in [0.4, 0.5) is 10.1 Å². The smallest absolute Gasteiger partial charge is 0.286 e. The number of sulfonamides is 1. The van der Waals surface area contributed by atoms with Gasteiger partial charge in [-0.15, -0.1) is 10.2 Å². The van der Waals surface area contributed by atoms with Crippen LogP contribution < -0.4 is 10.1 Å². The molecule has 1 aromatic heterocycles. The lowest BCUT2D eigenvalue weighted by Crippen LogP contribution is -2.30. The Kier molecular flexibility index (Phi) is 6.49. The molecule has 0 saturated carbocycles. The molecule has 0 unspecified atom stereocenters. The van der Waals surface area contributed by atoms with Crippen molar-refractivity contribution in [3.63, 3.8) is 0 Å². The number of nitrogens with zero attached hydrogens (tertiary/aromatic N) is 3. The molecule has 2 aromatic carbocycles. The molecular weight excluding hydrogens is 455 g/mol. The number of para-hydroxylation sites is 1. The summed E-state index contributed by atoms with van der Waals surface area (Å²) in [7, 11) is -3.77. The Morgan fingerprint density at radius 1 is 1.22 bits per heavy atom. The number of nitrogens with one attached hydrogen (secondary N) is 1. The third kappa shape index (κ3) is 4.50. The van der Waals surface area contributed by atoms with E-state index in [4.69, 9.17) is 4.74 Å². The Labute approximate surface area is 189 Å². The van der Waals surface area contributed by atoms with Crippen molar-refractivity contribution in [2.75, 3.05) is 18.5 Å². The highest BCUT2D eigenvalue weighted by Crippen LogP contribution is 2.38. The van der Waals surface area contributed by atoms with Gasteiger partial charge in [-0.2, -0.15) is 4.31 Å². The van der Waals surface area contributed by atoms with Crippen molar-refractivity contribution < 1.29 is 22.3 Å². The van der Waals surface area contributed by atoms with E-state index in [0.29, 0.717) is 36.8 Å². The molecule has 1 atom stereocenters. The first kappa shape index (κ1) is 22.3. The predicted molar refractivity (Wildman–Crippen MR) is 118 cm³/mol. The van der Waals surface area contributed by atoms with Crippen LogP contribution in [-0.2, 0) is 10.0 Å². The minimum absolute atomic E-state index is 0.0357. The standard InChI is InChI=1S/C21H21FN4O4S2/c1-2-30-14-9-11-15(12-10-14)32(28,29)26-13-5-8-18(26)20-24-25-21(31-20)19(27)23-17-7-4-3-6-16(17)22/h3-4,6-7,9-12,18H,2,5,8,13H2,1H3,(H,23,27)/t18-/m1/s1. The van der Waals surface area contributed by atoms with Gasteiger partial charge in [0.1, 0.15) is 16.6 Å². The van der Waals surface area contributed by atoms with Gasteiger partial charge in [0, 0.05) is 6.54 Å². The highest BCUT2D eigenvalue weighted by Gasteiger charge is 2.38. The molecular formula is C21H21FN4O4S2. The number of aromatic nitrogens is 2. The molecule has 11 heteroatoms. The molecule has 8 nitrogen and oxygen atoms in total. The first-order valence-electron chi connectivity index (χ1n) is 10.0. The molecule has 4 rings (SSSR count). The second kappa shape index (κ2) is 9.31. The van der Waals surface area contributed by atoms with Crippen molar-refractivity contribution in [1.82, 2.24) is 14.5 Å². The minimum Gasteiger partial charge on any atom is -0.494 e. The van der Waals surface area contributed by atoms with E-state index < -0.39 is 27.8 Å². The van der Waals surface area contributed by atoms with Crippen LogP contribution in [-0.4, -0.2) is 42.0 Å². The Morgan fingerprint density at radius 2 is 1.97 bits per heavy atom. The Morgan fingerprint density at radius 3 is 2.69 bits per heavy atom. The average molecular weight is 477 g/mol. The highest BCUT2D eigenvalue weighted by molar-refractivity contribution is 7.89. The van der Waals surface area contributed by atoms with Crippen LogP contribution in [0.3, 0.4) is 0 Å². The van der Waals surface area contributed by atoms with Gasteiger partial charge >= 0.3 is 0 Å². The fourth-order valence-corrected chi connectivity index (χ4v) is 6.10. The van der Waals surface area contributed by atoms with Crippen LogP contribution in [0.15, 0.2) is 53.4 Å². The third-order valence-electron chi connectivity index (χ3n) is 4.99. The Balaban J connectivity index is 1.53. The number of carbonyl (C=O) groups is 1. The number of hydrogen-bond donors (Lipinski definition) is 1. The first-order valence-corrected chi connectivity index (χ1v) is 12.3. The van der Waals surface area contributed by atoms with E-state index in [-0.39, 0.29) is 15.6 Å². The summed E-state index contributed by atoms with van der Waals surface area (Å²) >= 11 is 1.00. The van der Waals surface area contributed by atoms with Gasteiger partial charge in [-0.3, -0.25) is 4.79 Å². The summed E-state index contributed by atoms with van der Waals surface area (Å²) in [5.74, 6) is -0.564. The van der Waals surface area contributed by atoms with Gasteiger partial charge in [-0.05, 0) is 56.2 Å². The zero-order valence-corrected chi connectivity index (χ0v) is 18.8. The molecule has 1 amide bonds. The van der Waals surface area contributed by atoms with E-state index in [1.165, 1.54) is 34.6 Å². The summed E-state index contributed by atoms with van der Waals surface area (Å²) in [6, 6.07) is 11.6. The maximum atomic E-state index is 13.8. The second-order valence-corrected chi connectivity index (χ2v) is 9.96. The van der Waals surface area contributed by atoms with Gasteiger partial charge in [0.05, 0.1) is 23.2 Å². The van der Waals surface area contributed by atoms with E-state index in [1.807, 2.05) is 6.92 Å². The van der Waals surface area contributed by atoms with Gasteiger partial charge in [-0.25, -0.2) is 12.8 Å². The monoisotopic (exact) mass is 476 g/mol. The van der Waals surface area contributed by atoms with E-state index >= 15 is 0 Å². The molecule has 0 radical (unpaired) electrons. The Hall–Kier alpha value is -2.89. The van der Waals surface area contributed by atoms with Crippen LogP contribution in [0.5, 0.6) is 5.75 Å². The summed E-state index contributed by atoms with van der Waals surface area (Å²) in [5.41, 5.74) is 0.0369. The lowest BCUT2D eigenvalue weighted by Gasteiger charge is -2.22. The molecule has 32 heavy (non-hydrogen) atoms. The summed E-state index contributed by atoms with van der Waals surface area (Å²) in [5, 5.41) is 10.9. The minimum atomic E-state index is -3.77. The molecule has 3 aromatic rings. The maximum absolute atomic E-state index is 13.8. The number of amides is 1. The summed E-state index contributed by atoms with van der Waals surface area (Å²) in [6.07, 6.45) is 1.23. The molecule has 0 bridgehead atoms. The van der Waals surface area contributed by atoms with E-state index in [2.05, 4.69) is 15.5 Å². The van der Waals surface area contributed by atoms with Gasteiger partial charge in [0.15, 0.2) is 0 Å². The van der Waals surface area contributed by atoms with Gasteiger partial charge in [0.25, 0.3) is 5.91 Å². The zero-order valence-electron chi connectivity index (χ0n) is 17.2. The van der Waals surface area contributed by atoms with E-state index in [9.17, 15) is 17.6 Å².